The van der Waals surface area contributed by atoms with Gasteiger partial charge in [-0.3, -0.25) is 0 Å². The lowest BCUT2D eigenvalue weighted by molar-refractivity contribution is -0.00375. The average Bonchev–Trinajstić information content (AvgIpc) is 1.88. The van der Waals surface area contributed by atoms with E-state index in [1.165, 1.54) is 0 Å². The molecular weight excluding hydrogens is 124 g/mol. The van der Waals surface area contributed by atoms with Gasteiger partial charge in [0.05, 0.1) is 5.60 Å². The van der Waals surface area contributed by atoms with Crippen molar-refractivity contribution >= 4 is 0 Å². The van der Waals surface area contributed by atoms with Gasteiger partial charge in [-0.15, -0.1) is 12.3 Å². The highest BCUT2D eigenvalue weighted by molar-refractivity contribution is 4.96. The molecule has 1 nitrogen and oxygen atoms in total. The van der Waals surface area contributed by atoms with Gasteiger partial charge >= 0.3 is 0 Å². The third kappa shape index (κ3) is 2.04. The second-order valence-electron chi connectivity index (χ2n) is 2.99. The van der Waals surface area contributed by atoms with E-state index in [0.717, 1.165) is 6.42 Å². The molecule has 0 aliphatic rings. The summed E-state index contributed by atoms with van der Waals surface area (Å²) >= 11 is 0. The van der Waals surface area contributed by atoms with Crippen LogP contribution in [0.25, 0.3) is 0 Å². The Kier molecular flexibility index (Phi) is 3.46. The molecule has 10 heavy (non-hydrogen) atoms. The third-order valence-electron chi connectivity index (χ3n) is 2.10. The molecule has 1 heteroatoms. The zero-order valence-electron chi connectivity index (χ0n) is 7.02. The van der Waals surface area contributed by atoms with Crippen LogP contribution in [0.4, 0.5) is 0 Å². The van der Waals surface area contributed by atoms with Crippen LogP contribution in [-0.4, -0.2) is 10.7 Å². The Labute approximate surface area is 63.5 Å². The quantitative estimate of drug-likeness (QED) is 0.593. The maximum absolute atomic E-state index is 9.75. The van der Waals surface area contributed by atoms with E-state index < -0.39 is 5.60 Å². The number of aliphatic hydroxyl groups is 1. The summed E-state index contributed by atoms with van der Waals surface area (Å²) in [7, 11) is 0. The van der Waals surface area contributed by atoms with Crippen molar-refractivity contribution in [1.29, 1.82) is 0 Å². The van der Waals surface area contributed by atoms with Gasteiger partial charge in [-0.05, 0) is 12.3 Å². The lowest BCUT2D eigenvalue weighted by atomic mass is 9.85. The van der Waals surface area contributed by atoms with Crippen LogP contribution < -0.4 is 0 Å². The summed E-state index contributed by atoms with van der Waals surface area (Å²) in [5.74, 6) is 2.73. The number of hydrogen-bond donors (Lipinski definition) is 1. The van der Waals surface area contributed by atoms with Crippen LogP contribution in [-0.2, 0) is 0 Å². The van der Waals surface area contributed by atoms with E-state index in [2.05, 4.69) is 5.92 Å². The smallest absolute Gasteiger partial charge is 0.0776 e. The predicted octanol–water partition coefficient (Wildman–Crippen LogP) is 1.81. The van der Waals surface area contributed by atoms with Crippen LogP contribution in [0.2, 0.25) is 0 Å². The van der Waals surface area contributed by atoms with E-state index in [0.29, 0.717) is 6.42 Å². The van der Waals surface area contributed by atoms with Crippen LogP contribution in [0.1, 0.15) is 33.6 Å². The SMILES string of the molecule is C#CCC(O)(CC)C(C)C. The minimum atomic E-state index is -0.644. The summed E-state index contributed by atoms with van der Waals surface area (Å²) in [6, 6.07) is 0. The van der Waals surface area contributed by atoms with E-state index in [1.54, 1.807) is 0 Å². The zero-order chi connectivity index (χ0) is 8.20. The summed E-state index contributed by atoms with van der Waals surface area (Å²) in [6.45, 7) is 5.93. The lowest BCUT2D eigenvalue weighted by Crippen LogP contribution is -2.33. The van der Waals surface area contributed by atoms with Gasteiger partial charge in [0.15, 0.2) is 0 Å². The second kappa shape index (κ2) is 3.63. The van der Waals surface area contributed by atoms with Crippen LogP contribution in [0.5, 0.6) is 0 Å². The lowest BCUT2D eigenvalue weighted by Gasteiger charge is -2.28. The molecule has 0 saturated carbocycles. The molecule has 0 aliphatic heterocycles. The fraction of sp³-hybridized carbons (Fsp3) is 0.778. The summed E-state index contributed by atoms with van der Waals surface area (Å²) in [5.41, 5.74) is -0.644. The highest BCUT2D eigenvalue weighted by atomic mass is 16.3. The normalized spacial score (nSPS) is 16.4. The minimum absolute atomic E-state index is 0.244. The first kappa shape index (κ1) is 9.52. The van der Waals surface area contributed by atoms with E-state index in [4.69, 9.17) is 6.42 Å². The second-order valence-corrected chi connectivity index (χ2v) is 2.99. The van der Waals surface area contributed by atoms with Crippen LogP contribution in [0.3, 0.4) is 0 Å². The van der Waals surface area contributed by atoms with E-state index in [9.17, 15) is 5.11 Å². The first-order chi connectivity index (χ1) is 4.56. The van der Waals surface area contributed by atoms with Crippen molar-refractivity contribution in [3.05, 3.63) is 0 Å². The number of rotatable bonds is 3. The van der Waals surface area contributed by atoms with Crippen molar-refractivity contribution < 1.29 is 5.11 Å². The van der Waals surface area contributed by atoms with Gasteiger partial charge < -0.3 is 5.11 Å². The largest absolute Gasteiger partial charge is 0.389 e. The molecule has 0 aromatic heterocycles. The summed E-state index contributed by atoms with van der Waals surface area (Å²) in [4.78, 5) is 0. The van der Waals surface area contributed by atoms with Gasteiger partial charge in [0, 0.05) is 6.42 Å². The van der Waals surface area contributed by atoms with Gasteiger partial charge in [0.2, 0.25) is 0 Å². The van der Waals surface area contributed by atoms with Gasteiger partial charge in [-0.2, -0.15) is 0 Å². The maximum Gasteiger partial charge on any atom is 0.0776 e. The first-order valence-corrected chi connectivity index (χ1v) is 3.72. The average molecular weight is 140 g/mol. The van der Waals surface area contributed by atoms with Gasteiger partial charge in [0.25, 0.3) is 0 Å². The van der Waals surface area contributed by atoms with Crippen molar-refractivity contribution in [3.63, 3.8) is 0 Å². The molecule has 1 atom stereocenters. The molecule has 0 aromatic rings. The van der Waals surface area contributed by atoms with E-state index in [-0.39, 0.29) is 5.92 Å². The summed E-state index contributed by atoms with van der Waals surface area (Å²) in [6.07, 6.45) is 6.31. The van der Waals surface area contributed by atoms with Gasteiger partial charge in [-0.1, -0.05) is 20.8 Å². The molecule has 0 spiro atoms. The number of terminal acetylenes is 1. The third-order valence-corrected chi connectivity index (χ3v) is 2.10. The standard InChI is InChI=1S/C9H16O/c1-5-7-9(10,6-2)8(3)4/h1,8,10H,6-7H2,2-4H3. The van der Waals surface area contributed by atoms with E-state index in [1.807, 2.05) is 20.8 Å². The highest BCUT2D eigenvalue weighted by Gasteiger charge is 2.27. The Balaban J connectivity index is 4.11. The molecular formula is C9H16O. The molecule has 0 saturated heterocycles. The Morgan fingerprint density at radius 2 is 2.10 bits per heavy atom. The molecule has 0 bridgehead atoms. The van der Waals surface area contributed by atoms with Crippen molar-refractivity contribution in [1.82, 2.24) is 0 Å². The molecule has 0 fully saturated rings. The molecule has 0 aliphatic carbocycles. The fourth-order valence-electron chi connectivity index (χ4n) is 0.914. The van der Waals surface area contributed by atoms with Gasteiger partial charge in [0.1, 0.15) is 0 Å². The van der Waals surface area contributed by atoms with E-state index >= 15 is 0 Å². The highest BCUT2D eigenvalue weighted by Crippen LogP contribution is 2.23. The Hall–Kier alpha value is -0.480. The van der Waals surface area contributed by atoms with Crippen molar-refractivity contribution in [2.75, 3.05) is 0 Å². The molecule has 0 amide bonds. The van der Waals surface area contributed by atoms with Crippen LogP contribution >= 0.6 is 0 Å². The monoisotopic (exact) mass is 140 g/mol. The van der Waals surface area contributed by atoms with Gasteiger partial charge in [-0.25, -0.2) is 0 Å². The molecule has 58 valence electrons. The Morgan fingerprint density at radius 3 is 2.20 bits per heavy atom. The van der Waals surface area contributed by atoms with Crippen molar-refractivity contribution in [2.24, 2.45) is 5.92 Å². The minimum Gasteiger partial charge on any atom is -0.389 e. The predicted molar refractivity (Wildman–Crippen MR) is 43.5 cm³/mol. The topological polar surface area (TPSA) is 20.2 Å². The molecule has 0 heterocycles. The molecule has 1 N–H and O–H groups in total. The Morgan fingerprint density at radius 1 is 1.60 bits per heavy atom. The number of hydrogen-bond acceptors (Lipinski definition) is 1. The Bertz CT molecular complexity index is 132. The van der Waals surface area contributed by atoms with Crippen molar-refractivity contribution in [2.45, 2.75) is 39.2 Å². The molecule has 0 aromatic carbocycles. The fourth-order valence-corrected chi connectivity index (χ4v) is 0.914. The summed E-state index contributed by atoms with van der Waals surface area (Å²) in [5, 5.41) is 9.75. The summed E-state index contributed by atoms with van der Waals surface area (Å²) < 4.78 is 0. The zero-order valence-corrected chi connectivity index (χ0v) is 7.02. The molecule has 0 radical (unpaired) electrons. The molecule has 1 unspecified atom stereocenters. The van der Waals surface area contributed by atoms with Crippen LogP contribution in [0, 0.1) is 18.3 Å². The van der Waals surface area contributed by atoms with Crippen molar-refractivity contribution in [3.8, 4) is 12.3 Å². The molecule has 0 rings (SSSR count). The first-order valence-electron chi connectivity index (χ1n) is 3.72. The van der Waals surface area contributed by atoms with Crippen LogP contribution in [0.15, 0.2) is 0 Å². The maximum atomic E-state index is 9.75.